The van der Waals surface area contributed by atoms with Crippen molar-refractivity contribution in [3.05, 3.63) is 22.4 Å². The maximum Gasteiger partial charge on any atom is 0.154 e. The van der Waals surface area contributed by atoms with E-state index in [1.165, 1.54) is 19.3 Å². The normalized spacial score (nSPS) is 35.0. The van der Waals surface area contributed by atoms with Crippen molar-refractivity contribution < 1.29 is 9.84 Å². The van der Waals surface area contributed by atoms with Crippen LogP contribution in [0.5, 0.6) is 0 Å². The number of ether oxygens (including phenoxy) is 1. The number of hydrogen-bond donors (Lipinski definition) is 1. The second-order valence-electron chi connectivity index (χ2n) is 8.01. The van der Waals surface area contributed by atoms with E-state index in [4.69, 9.17) is 4.74 Å². The van der Waals surface area contributed by atoms with Crippen molar-refractivity contribution in [1.29, 1.82) is 0 Å². The summed E-state index contributed by atoms with van der Waals surface area (Å²) in [6, 6.07) is 2.05. The van der Waals surface area contributed by atoms with Crippen molar-refractivity contribution in [2.24, 2.45) is 11.8 Å². The predicted octanol–water partition coefficient (Wildman–Crippen LogP) is 3.63. The first kappa shape index (κ1) is 17.5. The third kappa shape index (κ3) is 3.17. The smallest absolute Gasteiger partial charge is 0.154 e. The summed E-state index contributed by atoms with van der Waals surface area (Å²) < 4.78 is 5.99. The van der Waals surface area contributed by atoms with E-state index in [0.29, 0.717) is 5.92 Å². The van der Waals surface area contributed by atoms with Crippen LogP contribution in [-0.4, -0.2) is 42.4 Å². The Hall–Kier alpha value is -0.860. The van der Waals surface area contributed by atoms with Crippen molar-refractivity contribution in [3.63, 3.8) is 0 Å². The first-order valence-electron chi connectivity index (χ1n) is 9.73. The summed E-state index contributed by atoms with van der Waals surface area (Å²) in [6.45, 7) is 3.20. The highest BCUT2D eigenvalue weighted by molar-refractivity contribution is 7.08. The van der Waals surface area contributed by atoms with Gasteiger partial charge in [-0.05, 0) is 55.6 Å². The van der Waals surface area contributed by atoms with Gasteiger partial charge in [0.2, 0.25) is 0 Å². The van der Waals surface area contributed by atoms with Crippen molar-refractivity contribution in [3.8, 4) is 11.8 Å². The van der Waals surface area contributed by atoms with Gasteiger partial charge in [0.25, 0.3) is 0 Å². The zero-order valence-electron chi connectivity index (χ0n) is 15.2. The number of thiophene rings is 1. The third-order valence-electron chi connectivity index (χ3n) is 6.69. The monoisotopic (exact) mass is 359 g/mol. The predicted molar refractivity (Wildman–Crippen MR) is 101 cm³/mol. The molecule has 1 unspecified atom stereocenters. The Morgan fingerprint density at radius 2 is 2.00 bits per heavy atom. The highest BCUT2D eigenvalue weighted by Gasteiger charge is 2.47. The molecule has 1 saturated carbocycles. The summed E-state index contributed by atoms with van der Waals surface area (Å²) >= 11 is 1.64. The van der Waals surface area contributed by atoms with E-state index in [1.807, 2.05) is 11.4 Å². The zero-order valence-corrected chi connectivity index (χ0v) is 16.0. The molecule has 4 heteroatoms. The molecule has 136 valence electrons. The minimum absolute atomic E-state index is 0.235. The molecule has 3 saturated heterocycles. The summed E-state index contributed by atoms with van der Waals surface area (Å²) in [5.41, 5.74) is -0.461. The molecule has 2 atom stereocenters. The van der Waals surface area contributed by atoms with Crippen molar-refractivity contribution in [2.75, 3.05) is 26.7 Å². The Morgan fingerprint density at radius 3 is 2.56 bits per heavy atom. The van der Waals surface area contributed by atoms with Crippen molar-refractivity contribution in [1.82, 2.24) is 4.90 Å². The molecule has 4 heterocycles. The Morgan fingerprint density at radius 1 is 1.24 bits per heavy atom. The summed E-state index contributed by atoms with van der Waals surface area (Å²) in [5, 5.41) is 15.8. The third-order valence-corrected chi connectivity index (χ3v) is 7.37. The van der Waals surface area contributed by atoms with Gasteiger partial charge < -0.3 is 9.84 Å². The Balaban J connectivity index is 1.68. The Kier molecular flexibility index (Phi) is 4.94. The molecule has 2 bridgehead atoms. The maximum atomic E-state index is 11.7. The van der Waals surface area contributed by atoms with Crippen LogP contribution in [0.1, 0.15) is 50.5 Å². The van der Waals surface area contributed by atoms with Gasteiger partial charge in [0, 0.05) is 31.1 Å². The number of aliphatic hydroxyl groups is 1. The quantitative estimate of drug-likeness (QED) is 0.837. The van der Waals surface area contributed by atoms with Crippen LogP contribution in [0, 0.1) is 23.7 Å². The lowest BCUT2D eigenvalue weighted by molar-refractivity contribution is -0.0968. The van der Waals surface area contributed by atoms with Crippen LogP contribution < -0.4 is 0 Å². The van der Waals surface area contributed by atoms with E-state index >= 15 is 0 Å². The molecular weight excluding hydrogens is 330 g/mol. The first-order chi connectivity index (χ1) is 12.2. The van der Waals surface area contributed by atoms with Crippen LogP contribution in [0.25, 0.3) is 0 Å². The molecule has 3 nitrogen and oxygen atoms in total. The first-order valence-corrected chi connectivity index (χ1v) is 10.7. The van der Waals surface area contributed by atoms with Crippen LogP contribution in [0.15, 0.2) is 16.8 Å². The van der Waals surface area contributed by atoms with Crippen molar-refractivity contribution >= 4 is 11.3 Å². The van der Waals surface area contributed by atoms with E-state index in [0.717, 1.165) is 50.9 Å². The summed E-state index contributed by atoms with van der Waals surface area (Å²) in [5.74, 6) is 7.59. The molecule has 0 radical (unpaired) electrons. The lowest BCUT2D eigenvalue weighted by Gasteiger charge is -2.50. The second-order valence-corrected chi connectivity index (χ2v) is 8.79. The van der Waals surface area contributed by atoms with E-state index in [1.54, 1.807) is 18.4 Å². The molecular formula is C21H29NO2S. The molecule has 3 aliphatic heterocycles. The molecule has 1 aromatic rings. The minimum atomic E-state index is -1.03. The van der Waals surface area contributed by atoms with Crippen LogP contribution >= 0.6 is 11.3 Å². The molecule has 4 fully saturated rings. The number of nitrogens with zero attached hydrogens (tertiary/aromatic N) is 1. The molecule has 0 spiro atoms. The van der Waals surface area contributed by atoms with Gasteiger partial charge in [0.05, 0.1) is 0 Å². The SMILES string of the molecule is CO[C@]1(C#CC(O)(c2ccsc2)C2CCCCC2)CN2CCC1CC2. The molecule has 0 amide bonds. The molecule has 1 aliphatic carbocycles. The van der Waals surface area contributed by atoms with Crippen molar-refractivity contribution in [2.45, 2.75) is 56.1 Å². The number of piperidine rings is 3. The van der Waals surface area contributed by atoms with E-state index < -0.39 is 11.2 Å². The van der Waals surface area contributed by atoms with Crippen LogP contribution in [0.3, 0.4) is 0 Å². The zero-order chi connectivity index (χ0) is 17.3. The van der Waals surface area contributed by atoms with E-state index in [2.05, 4.69) is 22.1 Å². The average Bonchev–Trinajstić information content (AvgIpc) is 3.23. The molecule has 4 aliphatic rings. The average molecular weight is 360 g/mol. The molecule has 5 rings (SSSR count). The second kappa shape index (κ2) is 7.04. The number of hydrogen-bond acceptors (Lipinski definition) is 4. The minimum Gasteiger partial charge on any atom is -0.373 e. The summed E-state index contributed by atoms with van der Waals surface area (Å²) in [6.07, 6.45) is 8.12. The molecule has 1 N–H and O–H groups in total. The highest BCUT2D eigenvalue weighted by Crippen LogP contribution is 2.41. The van der Waals surface area contributed by atoms with Crippen LogP contribution in [0.2, 0.25) is 0 Å². The number of fused-ring (bicyclic) bond motifs is 3. The van der Waals surface area contributed by atoms with Gasteiger partial charge in [0.15, 0.2) is 5.60 Å². The van der Waals surface area contributed by atoms with Gasteiger partial charge in [-0.3, -0.25) is 4.90 Å². The largest absolute Gasteiger partial charge is 0.373 e. The topological polar surface area (TPSA) is 32.7 Å². The lowest BCUT2D eigenvalue weighted by Crippen LogP contribution is -2.59. The Bertz CT molecular complexity index is 635. The maximum absolute atomic E-state index is 11.7. The standard InChI is InChI=1S/C21H29NO2S/c1-24-20(16-22-12-7-17(20)8-13-22)10-11-21(23,19-9-14-25-15-19)18-5-3-2-4-6-18/h9,14-15,17-18,23H,2-8,12-13,16H2,1H3/t20-,21?/m1/s1. The van der Waals surface area contributed by atoms with Gasteiger partial charge in [-0.1, -0.05) is 31.1 Å². The number of methoxy groups -OCH3 is 1. The van der Waals surface area contributed by atoms with Gasteiger partial charge >= 0.3 is 0 Å². The lowest BCUT2D eigenvalue weighted by atomic mass is 9.72. The van der Waals surface area contributed by atoms with Gasteiger partial charge in [-0.15, -0.1) is 0 Å². The van der Waals surface area contributed by atoms with Gasteiger partial charge in [-0.2, -0.15) is 11.3 Å². The fourth-order valence-electron chi connectivity index (χ4n) is 5.06. The summed E-state index contributed by atoms with van der Waals surface area (Å²) in [7, 11) is 1.79. The fourth-order valence-corrected chi connectivity index (χ4v) is 5.76. The van der Waals surface area contributed by atoms with Crippen LogP contribution in [0.4, 0.5) is 0 Å². The van der Waals surface area contributed by atoms with E-state index in [9.17, 15) is 5.11 Å². The van der Waals surface area contributed by atoms with Gasteiger partial charge in [0.1, 0.15) is 5.60 Å². The highest BCUT2D eigenvalue weighted by atomic mass is 32.1. The molecule has 0 aromatic carbocycles. The number of rotatable bonds is 3. The fraction of sp³-hybridized carbons (Fsp3) is 0.714. The molecule has 1 aromatic heterocycles. The van der Waals surface area contributed by atoms with Gasteiger partial charge in [-0.25, -0.2) is 0 Å². The Labute approximate surface area is 155 Å². The van der Waals surface area contributed by atoms with Crippen LogP contribution in [-0.2, 0) is 10.3 Å². The molecule has 25 heavy (non-hydrogen) atoms. The summed E-state index contributed by atoms with van der Waals surface area (Å²) in [4.78, 5) is 2.46. The van der Waals surface area contributed by atoms with E-state index in [-0.39, 0.29) is 5.92 Å².